The van der Waals surface area contributed by atoms with Crippen LogP contribution in [0.5, 0.6) is 0 Å². The van der Waals surface area contributed by atoms with Gasteiger partial charge in [-0.2, -0.15) is 5.10 Å². The van der Waals surface area contributed by atoms with E-state index in [1.165, 1.54) is 6.20 Å². The predicted molar refractivity (Wildman–Crippen MR) is 76.4 cm³/mol. The highest BCUT2D eigenvalue weighted by Crippen LogP contribution is 2.23. The molecule has 0 aliphatic rings. The van der Waals surface area contributed by atoms with Crippen LogP contribution in [0.3, 0.4) is 0 Å². The van der Waals surface area contributed by atoms with Crippen molar-refractivity contribution < 1.29 is 9.90 Å². The molecule has 0 aromatic carbocycles. The number of nitrogens with one attached hydrogen (secondary N) is 2. The first-order chi connectivity index (χ1) is 10.2. The lowest BCUT2D eigenvalue weighted by Gasteiger charge is -2.04. The highest BCUT2D eigenvalue weighted by molar-refractivity contribution is 6.07. The van der Waals surface area contributed by atoms with Crippen LogP contribution in [-0.4, -0.2) is 31.2 Å². The number of aliphatic hydroxyl groups excluding tert-OH is 1. The summed E-state index contributed by atoms with van der Waals surface area (Å²) in [4.78, 5) is 20.0. The van der Waals surface area contributed by atoms with E-state index < -0.39 is 0 Å². The fourth-order valence-electron chi connectivity index (χ4n) is 1.90. The molecule has 0 bridgehead atoms. The summed E-state index contributed by atoms with van der Waals surface area (Å²) in [6.07, 6.45) is 3.04. The quantitative estimate of drug-likeness (QED) is 0.559. The van der Waals surface area contributed by atoms with Gasteiger partial charge in [0.1, 0.15) is 5.82 Å². The molecule has 0 fully saturated rings. The van der Waals surface area contributed by atoms with Crippen LogP contribution in [0.25, 0.3) is 11.0 Å². The van der Waals surface area contributed by atoms with Crippen molar-refractivity contribution in [2.75, 3.05) is 11.1 Å². The van der Waals surface area contributed by atoms with Gasteiger partial charge in [-0.3, -0.25) is 14.9 Å². The lowest BCUT2D eigenvalue weighted by atomic mass is 10.2. The lowest BCUT2D eigenvalue weighted by molar-refractivity contribution is 0.102. The maximum atomic E-state index is 12.1. The number of aromatic nitrogens is 4. The molecule has 8 nitrogen and oxygen atoms in total. The van der Waals surface area contributed by atoms with E-state index in [0.717, 1.165) is 0 Å². The number of pyridine rings is 2. The Morgan fingerprint density at radius 1 is 1.48 bits per heavy atom. The second kappa shape index (κ2) is 5.17. The fraction of sp³-hybridized carbons (Fsp3) is 0.0769. The zero-order valence-corrected chi connectivity index (χ0v) is 10.9. The molecule has 3 aromatic heterocycles. The molecule has 5 N–H and O–H groups in total. The van der Waals surface area contributed by atoms with E-state index in [9.17, 15) is 9.90 Å². The van der Waals surface area contributed by atoms with Gasteiger partial charge in [0.2, 0.25) is 0 Å². The van der Waals surface area contributed by atoms with Gasteiger partial charge < -0.3 is 16.2 Å². The van der Waals surface area contributed by atoms with Crippen LogP contribution >= 0.6 is 0 Å². The van der Waals surface area contributed by atoms with Crippen LogP contribution in [0.2, 0.25) is 0 Å². The molecule has 0 saturated heterocycles. The van der Waals surface area contributed by atoms with Gasteiger partial charge in [-0.05, 0) is 18.2 Å². The van der Waals surface area contributed by atoms with Gasteiger partial charge in [0, 0.05) is 18.0 Å². The van der Waals surface area contributed by atoms with Crippen molar-refractivity contribution in [3.63, 3.8) is 0 Å². The molecule has 21 heavy (non-hydrogen) atoms. The smallest absolute Gasteiger partial charge is 0.258 e. The lowest BCUT2D eigenvalue weighted by Crippen LogP contribution is -2.12. The second-order valence-electron chi connectivity index (χ2n) is 4.36. The summed E-state index contributed by atoms with van der Waals surface area (Å²) in [6, 6.07) is 4.95. The van der Waals surface area contributed by atoms with E-state index in [1.807, 2.05) is 0 Å². The van der Waals surface area contributed by atoms with Crippen LogP contribution < -0.4 is 11.1 Å². The van der Waals surface area contributed by atoms with Crippen molar-refractivity contribution in [3.8, 4) is 0 Å². The van der Waals surface area contributed by atoms with E-state index in [1.54, 1.807) is 24.4 Å². The average molecular weight is 284 g/mol. The maximum absolute atomic E-state index is 12.1. The SMILES string of the molecule is Nc1nc2[nH]nc(NC(=O)c3cccnc3)c2cc1CO. The van der Waals surface area contributed by atoms with Crippen molar-refractivity contribution in [2.45, 2.75) is 6.61 Å². The Labute approximate surface area is 119 Å². The molecule has 0 spiro atoms. The summed E-state index contributed by atoms with van der Waals surface area (Å²) < 4.78 is 0. The molecule has 0 radical (unpaired) electrons. The summed E-state index contributed by atoms with van der Waals surface area (Å²) in [5.74, 6) is 0.207. The molecule has 3 aromatic rings. The number of fused-ring (bicyclic) bond motifs is 1. The molecule has 0 atom stereocenters. The number of hydrogen-bond donors (Lipinski definition) is 4. The van der Waals surface area contributed by atoms with Gasteiger partial charge in [0.15, 0.2) is 11.5 Å². The highest BCUT2D eigenvalue weighted by Gasteiger charge is 2.14. The number of carbonyl (C=O) groups is 1. The van der Waals surface area contributed by atoms with Crippen LogP contribution in [0.4, 0.5) is 11.6 Å². The molecule has 0 aliphatic heterocycles. The minimum atomic E-state index is -0.334. The Kier molecular flexibility index (Phi) is 3.20. The first-order valence-electron chi connectivity index (χ1n) is 6.14. The van der Waals surface area contributed by atoms with Gasteiger partial charge in [0.25, 0.3) is 5.91 Å². The van der Waals surface area contributed by atoms with Crippen molar-refractivity contribution in [3.05, 3.63) is 41.7 Å². The Morgan fingerprint density at radius 2 is 2.33 bits per heavy atom. The fourth-order valence-corrected chi connectivity index (χ4v) is 1.90. The van der Waals surface area contributed by atoms with E-state index in [0.29, 0.717) is 28.0 Å². The minimum Gasteiger partial charge on any atom is -0.392 e. The summed E-state index contributed by atoms with van der Waals surface area (Å²) in [5, 5.41) is 19.1. The number of hydrogen-bond acceptors (Lipinski definition) is 6. The zero-order chi connectivity index (χ0) is 14.8. The van der Waals surface area contributed by atoms with Gasteiger partial charge in [-0.1, -0.05) is 0 Å². The summed E-state index contributed by atoms with van der Waals surface area (Å²) in [5.41, 5.74) is 7.01. The number of amides is 1. The Bertz CT molecular complexity index is 799. The summed E-state index contributed by atoms with van der Waals surface area (Å²) in [6.45, 7) is -0.240. The number of nitrogen functional groups attached to an aromatic ring is 1. The monoisotopic (exact) mass is 284 g/mol. The van der Waals surface area contributed by atoms with Gasteiger partial charge in [-0.15, -0.1) is 0 Å². The first kappa shape index (κ1) is 13.0. The standard InChI is InChI=1S/C13H12N6O2/c14-10-8(6-20)4-9-11(16-10)18-19-12(9)17-13(21)7-2-1-3-15-5-7/h1-5,20H,6H2,(H4,14,16,17,18,19,21). The third-order valence-corrected chi connectivity index (χ3v) is 2.99. The topological polar surface area (TPSA) is 130 Å². The van der Waals surface area contributed by atoms with E-state index in [-0.39, 0.29) is 18.3 Å². The predicted octanol–water partition coefficient (Wildman–Crippen LogP) is 0.680. The number of aliphatic hydroxyl groups is 1. The number of nitrogens with zero attached hydrogens (tertiary/aromatic N) is 3. The first-order valence-corrected chi connectivity index (χ1v) is 6.14. The Balaban J connectivity index is 1.96. The van der Waals surface area contributed by atoms with Crippen molar-refractivity contribution >= 4 is 28.6 Å². The van der Waals surface area contributed by atoms with Crippen LogP contribution in [0, 0.1) is 0 Å². The number of H-pyrrole nitrogens is 1. The molecular formula is C13H12N6O2. The molecule has 8 heteroatoms. The maximum Gasteiger partial charge on any atom is 0.258 e. The van der Waals surface area contributed by atoms with Crippen LogP contribution in [-0.2, 0) is 6.61 Å². The summed E-state index contributed by atoms with van der Waals surface area (Å²) >= 11 is 0. The van der Waals surface area contributed by atoms with Gasteiger partial charge in [-0.25, -0.2) is 4.98 Å². The molecule has 0 saturated carbocycles. The number of carbonyl (C=O) groups excluding carboxylic acids is 1. The van der Waals surface area contributed by atoms with Crippen molar-refractivity contribution in [1.82, 2.24) is 20.2 Å². The second-order valence-corrected chi connectivity index (χ2v) is 4.36. The number of nitrogens with two attached hydrogens (primary N) is 1. The van der Waals surface area contributed by atoms with E-state index >= 15 is 0 Å². The van der Waals surface area contributed by atoms with E-state index in [2.05, 4.69) is 25.5 Å². The zero-order valence-electron chi connectivity index (χ0n) is 10.9. The molecule has 3 rings (SSSR count). The normalized spacial score (nSPS) is 10.7. The molecule has 0 unspecified atom stereocenters. The molecule has 3 heterocycles. The number of rotatable bonds is 3. The number of aromatic amines is 1. The van der Waals surface area contributed by atoms with Gasteiger partial charge >= 0.3 is 0 Å². The van der Waals surface area contributed by atoms with Crippen molar-refractivity contribution in [2.24, 2.45) is 0 Å². The van der Waals surface area contributed by atoms with Crippen LogP contribution in [0.15, 0.2) is 30.6 Å². The Hall–Kier alpha value is -3.00. The van der Waals surface area contributed by atoms with E-state index in [4.69, 9.17) is 5.73 Å². The molecule has 0 aliphatic carbocycles. The van der Waals surface area contributed by atoms with Crippen molar-refractivity contribution in [1.29, 1.82) is 0 Å². The van der Waals surface area contributed by atoms with Gasteiger partial charge in [0.05, 0.1) is 17.6 Å². The third-order valence-electron chi connectivity index (χ3n) is 2.99. The van der Waals surface area contributed by atoms with Crippen LogP contribution in [0.1, 0.15) is 15.9 Å². The molecular weight excluding hydrogens is 272 g/mol. The molecule has 106 valence electrons. The molecule has 1 amide bonds. The summed E-state index contributed by atoms with van der Waals surface area (Å²) in [7, 11) is 0. The third kappa shape index (κ3) is 2.39. The largest absolute Gasteiger partial charge is 0.392 e. The number of anilines is 2. The minimum absolute atomic E-state index is 0.221. The average Bonchev–Trinajstić information content (AvgIpc) is 2.89. The highest BCUT2D eigenvalue weighted by atomic mass is 16.3. The Morgan fingerprint density at radius 3 is 3.05 bits per heavy atom.